The van der Waals surface area contributed by atoms with Crippen LogP contribution in [0.15, 0.2) is 6.07 Å². The third kappa shape index (κ3) is 2.29. The van der Waals surface area contributed by atoms with Crippen molar-refractivity contribution in [2.45, 2.75) is 0 Å². The third-order valence-electron chi connectivity index (χ3n) is 3.36. The Morgan fingerprint density at radius 1 is 0.944 bits per heavy atom. The molecule has 0 saturated carbocycles. The number of hydrogen-bond acceptors (Lipinski definition) is 1. The van der Waals surface area contributed by atoms with Gasteiger partial charge in [-0.2, -0.15) is 0 Å². The number of hydrogen-bond donors (Lipinski definition) is 0. The zero-order valence-corrected chi connectivity index (χ0v) is 10.3. The first-order valence-corrected chi connectivity index (χ1v) is 5.72. The first-order chi connectivity index (χ1) is 8.32. The van der Waals surface area contributed by atoms with Crippen LogP contribution >= 0.6 is 0 Å². The van der Waals surface area contributed by atoms with Gasteiger partial charge in [0.2, 0.25) is 0 Å². The van der Waals surface area contributed by atoms with E-state index in [4.69, 9.17) is 0 Å². The number of anilines is 1. The number of nitrogens with zero attached hydrogens (tertiary/aromatic N) is 2. The molecule has 2 nitrogen and oxygen atoms in total. The van der Waals surface area contributed by atoms with Gasteiger partial charge in [-0.1, -0.05) is 0 Å². The van der Waals surface area contributed by atoms with Gasteiger partial charge in [-0.25, -0.2) is 17.6 Å². The quantitative estimate of drug-likeness (QED) is 0.426. The molecule has 2 rings (SSSR count). The van der Waals surface area contributed by atoms with Crippen LogP contribution in [-0.2, 0) is 0 Å². The Bertz CT molecular complexity index is 437. The zero-order valence-electron chi connectivity index (χ0n) is 10.3. The molecule has 0 aromatic heterocycles. The summed E-state index contributed by atoms with van der Waals surface area (Å²) in [5.41, 5.74) is -0.591. The lowest BCUT2D eigenvalue weighted by Gasteiger charge is -2.40. The predicted octanol–water partition coefficient (Wildman–Crippen LogP) is 2.14. The van der Waals surface area contributed by atoms with Crippen molar-refractivity contribution in [1.82, 2.24) is 0 Å². The zero-order chi connectivity index (χ0) is 13.5. The average molecular weight is 263 g/mol. The van der Waals surface area contributed by atoms with Gasteiger partial charge < -0.3 is 9.38 Å². The fraction of sp³-hybridized carbons (Fsp3) is 0.500. The first kappa shape index (κ1) is 13.1. The lowest BCUT2D eigenvalue weighted by Crippen LogP contribution is -2.55. The van der Waals surface area contributed by atoms with Gasteiger partial charge in [-0.15, -0.1) is 0 Å². The highest BCUT2D eigenvalue weighted by atomic mass is 19.2. The van der Waals surface area contributed by atoms with E-state index in [2.05, 4.69) is 0 Å². The summed E-state index contributed by atoms with van der Waals surface area (Å²) >= 11 is 0. The Kier molecular flexibility index (Phi) is 3.23. The second-order valence-electron chi connectivity index (χ2n) is 5.19. The molecule has 1 aromatic carbocycles. The molecule has 18 heavy (non-hydrogen) atoms. The van der Waals surface area contributed by atoms with Crippen LogP contribution in [0.25, 0.3) is 0 Å². The highest BCUT2D eigenvalue weighted by Crippen LogP contribution is 2.29. The molecule has 1 aromatic rings. The van der Waals surface area contributed by atoms with Crippen LogP contribution < -0.4 is 4.90 Å². The minimum absolute atomic E-state index is 0.234. The first-order valence-electron chi connectivity index (χ1n) is 5.72. The van der Waals surface area contributed by atoms with E-state index in [0.29, 0.717) is 26.2 Å². The predicted molar refractivity (Wildman–Crippen MR) is 60.3 cm³/mol. The number of quaternary nitrogens is 1. The van der Waals surface area contributed by atoms with Gasteiger partial charge in [-0.3, -0.25) is 0 Å². The topological polar surface area (TPSA) is 3.24 Å². The van der Waals surface area contributed by atoms with Crippen molar-refractivity contribution in [3.8, 4) is 0 Å². The summed E-state index contributed by atoms with van der Waals surface area (Å²) in [6.45, 7) is 2.06. The van der Waals surface area contributed by atoms with E-state index < -0.39 is 29.0 Å². The van der Waals surface area contributed by atoms with Gasteiger partial charge in [0, 0.05) is 6.07 Å². The number of likely N-dealkylation sites (N-methyl/N-ethyl adjacent to an activating group) is 1. The SMILES string of the molecule is C[N+]1(C)CCN(c2c(F)c(F)cc(F)c2F)CC1. The molecule has 0 bridgehead atoms. The maximum absolute atomic E-state index is 13.6. The highest BCUT2D eigenvalue weighted by molar-refractivity contribution is 5.50. The van der Waals surface area contributed by atoms with Crippen molar-refractivity contribution >= 4 is 5.69 Å². The van der Waals surface area contributed by atoms with E-state index in [1.54, 1.807) is 0 Å². The normalized spacial score (nSPS) is 19.1. The Hall–Kier alpha value is -1.30. The van der Waals surface area contributed by atoms with Crippen molar-refractivity contribution in [2.24, 2.45) is 0 Å². The lowest BCUT2D eigenvalue weighted by atomic mass is 10.2. The van der Waals surface area contributed by atoms with Crippen molar-refractivity contribution in [2.75, 3.05) is 45.2 Å². The van der Waals surface area contributed by atoms with Crippen LogP contribution in [0.4, 0.5) is 23.2 Å². The van der Waals surface area contributed by atoms with Crippen molar-refractivity contribution in [1.29, 1.82) is 0 Å². The summed E-state index contributed by atoms with van der Waals surface area (Å²) in [7, 11) is 3.99. The van der Waals surface area contributed by atoms with Gasteiger partial charge in [-0.05, 0) is 0 Å². The molecule has 0 aliphatic carbocycles. The maximum atomic E-state index is 13.6. The molecule has 100 valence electrons. The minimum Gasteiger partial charge on any atom is -0.355 e. The van der Waals surface area contributed by atoms with Gasteiger partial charge >= 0.3 is 0 Å². The Balaban J connectivity index is 2.35. The Morgan fingerprint density at radius 3 is 1.83 bits per heavy atom. The fourth-order valence-electron chi connectivity index (χ4n) is 2.07. The van der Waals surface area contributed by atoms with E-state index >= 15 is 0 Å². The highest BCUT2D eigenvalue weighted by Gasteiger charge is 2.30. The molecule has 1 aliphatic heterocycles. The molecule has 1 saturated heterocycles. The molecular formula is C12H15F4N2+. The number of benzene rings is 1. The molecule has 0 unspecified atom stereocenters. The summed E-state index contributed by atoms with van der Waals surface area (Å²) in [5, 5.41) is 0. The van der Waals surface area contributed by atoms with Crippen molar-refractivity contribution in [3.63, 3.8) is 0 Å². The molecule has 1 heterocycles. The molecule has 0 spiro atoms. The molecule has 1 fully saturated rings. The van der Waals surface area contributed by atoms with Crippen LogP contribution in [0.2, 0.25) is 0 Å². The molecule has 0 N–H and O–H groups in total. The number of halogens is 4. The molecule has 0 atom stereocenters. The minimum atomic E-state index is -1.36. The monoisotopic (exact) mass is 263 g/mol. The number of rotatable bonds is 1. The van der Waals surface area contributed by atoms with Gasteiger partial charge in [0.1, 0.15) is 5.69 Å². The summed E-state index contributed by atoms with van der Waals surface area (Å²) in [4.78, 5) is 1.36. The van der Waals surface area contributed by atoms with Crippen LogP contribution in [-0.4, -0.2) is 44.8 Å². The molecule has 1 aliphatic rings. The summed E-state index contributed by atoms with van der Waals surface area (Å²) < 4.78 is 54.1. The smallest absolute Gasteiger partial charge is 0.185 e. The van der Waals surface area contributed by atoms with E-state index in [1.807, 2.05) is 14.1 Å². The second kappa shape index (κ2) is 4.42. The average Bonchev–Trinajstić information content (AvgIpc) is 2.29. The van der Waals surface area contributed by atoms with Gasteiger partial charge in [0.25, 0.3) is 0 Å². The van der Waals surface area contributed by atoms with Gasteiger partial charge in [0.05, 0.1) is 40.3 Å². The summed E-state index contributed by atoms with van der Waals surface area (Å²) in [6, 6.07) is 0.234. The second-order valence-corrected chi connectivity index (χ2v) is 5.19. The van der Waals surface area contributed by atoms with E-state index in [-0.39, 0.29) is 6.07 Å². The number of piperazine rings is 1. The standard InChI is InChI=1S/C12H15F4N2/c1-18(2)5-3-17(4-6-18)12-10(15)8(13)7-9(14)11(12)16/h7H,3-6H2,1-2H3/q+1. The van der Waals surface area contributed by atoms with E-state index in [0.717, 1.165) is 4.48 Å². The lowest BCUT2D eigenvalue weighted by molar-refractivity contribution is -0.890. The van der Waals surface area contributed by atoms with Crippen LogP contribution in [0.3, 0.4) is 0 Å². The largest absolute Gasteiger partial charge is 0.355 e. The van der Waals surface area contributed by atoms with Crippen LogP contribution in [0, 0.1) is 23.3 Å². The van der Waals surface area contributed by atoms with Crippen LogP contribution in [0.5, 0.6) is 0 Å². The van der Waals surface area contributed by atoms with Crippen molar-refractivity contribution in [3.05, 3.63) is 29.3 Å². The summed E-state index contributed by atoms with van der Waals surface area (Å²) in [5.74, 6) is -5.35. The fourth-order valence-corrected chi connectivity index (χ4v) is 2.07. The third-order valence-corrected chi connectivity index (χ3v) is 3.36. The van der Waals surface area contributed by atoms with E-state index in [1.165, 1.54) is 4.90 Å². The summed E-state index contributed by atoms with van der Waals surface area (Å²) in [6.07, 6.45) is 0. The van der Waals surface area contributed by atoms with Crippen molar-refractivity contribution < 1.29 is 22.0 Å². The Morgan fingerprint density at radius 2 is 1.39 bits per heavy atom. The molecule has 0 amide bonds. The Labute approximate surface area is 103 Å². The van der Waals surface area contributed by atoms with Gasteiger partial charge in [0.15, 0.2) is 23.3 Å². The molecule has 6 heteroatoms. The van der Waals surface area contributed by atoms with Crippen LogP contribution in [0.1, 0.15) is 0 Å². The maximum Gasteiger partial charge on any atom is 0.185 e. The molecular weight excluding hydrogens is 248 g/mol. The van der Waals surface area contributed by atoms with E-state index in [9.17, 15) is 17.6 Å². The molecule has 0 radical (unpaired) electrons.